The van der Waals surface area contributed by atoms with E-state index in [-0.39, 0.29) is 46.4 Å². The Bertz CT molecular complexity index is 242. The minimum Gasteiger partial charge on any atom is -0.427 e. The third-order valence-corrected chi connectivity index (χ3v) is 1.00. The van der Waals surface area contributed by atoms with Gasteiger partial charge in [0.05, 0.1) is 0 Å². The molecule has 15 heavy (non-hydrogen) atoms. The molecule has 1 aromatic carbocycles. The number of benzene rings is 1. The van der Waals surface area contributed by atoms with Crippen molar-refractivity contribution < 1.29 is 42.3 Å². The Morgan fingerprint density at radius 2 is 1.73 bits per heavy atom. The van der Waals surface area contributed by atoms with Gasteiger partial charge >= 0.3 is 5.97 Å². The Balaban J connectivity index is -0.000000260. The predicted octanol–water partition coefficient (Wildman–Crippen LogP) is 1.77. The van der Waals surface area contributed by atoms with E-state index < -0.39 is 0 Å². The molecule has 0 aromatic heterocycles. The van der Waals surface area contributed by atoms with Gasteiger partial charge in [-0.15, -0.1) is 0 Å². The number of aliphatic hydroxyl groups is 1. The molecule has 0 radical (unpaired) electrons. The van der Waals surface area contributed by atoms with E-state index in [4.69, 9.17) is 9.84 Å². The molecular weight excluding hydrogens is 383 g/mol. The van der Waals surface area contributed by atoms with Crippen molar-refractivity contribution in [1.82, 2.24) is 6.15 Å². The molecule has 0 aliphatic carbocycles. The normalized spacial score (nSPS) is 7.13. The molecule has 1 aromatic rings. The number of esters is 1. The van der Waals surface area contributed by atoms with Gasteiger partial charge in [-0.1, -0.05) is 18.2 Å². The van der Waals surface area contributed by atoms with Crippen molar-refractivity contribution >= 4 is 5.97 Å². The molecular formula is C10H17HgNO3. The number of carbonyl (C=O) groups is 1. The van der Waals surface area contributed by atoms with Crippen LogP contribution in [0.4, 0.5) is 0 Å². The number of aliphatic hydroxyl groups excluding tert-OH is 1. The number of rotatable bonds is 1. The molecule has 0 fully saturated rings. The van der Waals surface area contributed by atoms with Crippen molar-refractivity contribution in [1.29, 1.82) is 0 Å². The zero-order valence-electron chi connectivity index (χ0n) is 9.27. The summed E-state index contributed by atoms with van der Waals surface area (Å²) in [6.45, 7) is 3.31. The average Bonchev–Trinajstić information content (AvgIpc) is 2.06. The summed E-state index contributed by atoms with van der Waals surface area (Å²) in [5.41, 5.74) is 0. The van der Waals surface area contributed by atoms with Crippen LogP contribution in [0.2, 0.25) is 0 Å². The molecule has 0 amide bonds. The van der Waals surface area contributed by atoms with E-state index >= 15 is 0 Å². The summed E-state index contributed by atoms with van der Waals surface area (Å²) in [6, 6.07) is 8.98. The fourth-order valence-corrected chi connectivity index (χ4v) is 0.655. The van der Waals surface area contributed by atoms with Gasteiger partial charge in [0.1, 0.15) is 5.75 Å². The van der Waals surface area contributed by atoms with Gasteiger partial charge in [0.15, 0.2) is 0 Å². The first-order valence-corrected chi connectivity index (χ1v) is 4.05. The van der Waals surface area contributed by atoms with Crippen LogP contribution in [-0.2, 0) is 32.5 Å². The van der Waals surface area contributed by atoms with Gasteiger partial charge in [0.25, 0.3) is 0 Å². The van der Waals surface area contributed by atoms with Gasteiger partial charge < -0.3 is 16.0 Å². The molecule has 0 saturated heterocycles. The van der Waals surface area contributed by atoms with Crippen molar-refractivity contribution in [2.45, 2.75) is 13.8 Å². The third kappa shape index (κ3) is 13.5. The average molecular weight is 400 g/mol. The quantitative estimate of drug-likeness (QED) is 0.428. The number of carbonyl (C=O) groups excluding carboxylic acids is 1. The van der Waals surface area contributed by atoms with Crippen molar-refractivity contribution in [3.05, 3.63) is 30.3 Å². The first-order chi connectivity index (χ1) is 6.20. The van der Waals surface area contributed by atoms with E-state index in [1.165, 1.54) is 6.92 Å². The van der Waals surface area contributed by atoms with Crippen LogP contribution < -0.4 is 10.9 Å². The number of ether oxygens (including phenoxy) is 1. The Hall–Kier alpha value is -0.455. The molecule has 0 saturated carbocycles. The summed E-state index contributed by atoms with van der Waals surface area (Å²) in [6.07, 6.45) is 0. The zero-order valence-corrected chi connectivity index (χ0v) is 14.8. The van der Waals surface area contributed by atoms with Gasteiger partial charge in [-0.25, -0.2) is 0 Å². The van der Waals surface area contributed by atoms with Gasteiger partial charge in [-0.3, -0.25) is 4.79 Å². The van der Waals surface area contributed by atoms with E-state index in [1.807, 2.05) is 18.2 Å². The number of hydrogen-bond acceptors (Lipinski definition) is 4. The molecule has 0 spiro atoms. The summed E-state index contributed by atoms with van der Waals surface area (Å²) < 4.78 is 4.78. The van der Waals surface area contributed by atoms with Crippen molar-refractivity contribution in [3.63, 3.8) is 0 Å². The molecule has 5 heteroatoms. The summed E-state index contributed by atoms with van der Waals surface area (Å²) in [5.74, 6) is 0.307. The second kappa shape index (κ2) is 13.5. The predicted molar refractivity (Wildman–Crippen MR) is 55.5 cm³/mol. The molecule has 1 rings (SSSR count). The van der Waals surface area contributed by atoms with E-state index in [2.05, 4.69) is 0 Å². The standard InChI is InChI=1S/C8H8O2.C2H6O.Hg.H3N/c1-7(9)10-8-5-3-2-4-6-8;1-2-3;;/h2-6H,1H3;3H,2H2,1H3;;1H3. The van der Waals surface area contributed by atoms with E-state index in [9.17, 15) is 4.79 Å². The molecule has 0 unspecified atom stereocenters. The molecule has 0 bridgehead atoms. The smallest absolute Gasteiger partial charge is 0.308 e. The fraction of sp³-hybridized carbons (Fsp3) is 0.300. The SMILES string of the molecule is CC(=O)Oc1ccccc1.CCO.N.[Hg]. The van der Waals surface area contributed by atoms with E-state index in [1.54, 1.807) is 19.1 Å². The maximum absolute atomic E-state index is 10.4. The fourth-order valence-electron chi connectivity index (χ4n) is 0.655. The maximum atomic E-state index is 10.4. The topological polar surface area (TPSA) is 81.5 Å². The Labute approximate surface area is 111 Å². The summed E-state index contributed by atoms with van der Waals surface area (Å²) in [4.78, 5) is 10.4. The number of para-hydroxylation sites is 1. The van der Waals surface area contributed by atoms with Gasteiger partial charge in [0, 0.05) is 41.2 Å². The summed E-state index contributed by atoms with van der Waals surface area (Å²) in [7, 11) is 0. The Morgan fingerprint density at radius 1 is 1.33 bits per heavy atom. The summed E-state index contributed by atoms with van der Waals surface area (Å²) in [5, 5.41) is 7.57. The van der Waals surface area contributed by atoms with Crippen molar-refractivity contribution in [2.24, 2.45) is 0 Å². The molecule has 4 N–H and O–H groups in total. The maximum Gasteiger partial charge on any atom is 0.308 e. The van der Waals surface area contributed by atoms with Crippen LogP contribution in [0.25, 0.3) is 0 Å². The molecule has 0 aliphatic rings. The molecule has 82 valence electrons. The van der Waals surface area contributed by atoms with E-state index in [0.29, 0.717) is 5.75 Å². The molecule has 0 heterocycles. The van der Waals surface area contributed by atoms with Crippen molar-refractivity contribution in [3.8, 4) is 5.75 Å². The van der Waals surface area contributed by atoms with Crippen LogP contribution in [0.15, 0.2) is 30.3 Å². The van der Waals surface area contributed by atoms with Gasteiger partial charge in [-0.05, 0) is 19.1 Å². The van der Waals surface area contributed by atoms with Crippen LogP contribution >= 0.6 is 0 Å². The largest absolute Gasteiger partial charge is 0.427 e. The second-order valence-corrected chi connectivity index (χ2v) is 2.22. The van der Waals surface area contributed by atoms with Gasteiger partial charge in [0.2, 0.25) is 0 Å². The van der Waals surface area contributed by atoms with Crippen LogP contribution in [0.3, 0.4) is 0 Å². The van der Waals surface area contributed by atoms with Crippen LogP contribution in [0, 0.1) is 0 Å². The number of hydrogen-bond donors (Lipinski definition) is 2. The van der Waals surface area contributed by atoms with Gasteiger partial charge in [-0.2, -0.15) is 0 Å². The Kier molecular flexibility index (Phi) is 18.1. The van der Waals surface area contributed by atoms with Crippen LogP contribution in [0.5, 0.6) is 5.75 Å². The minimum absolute atomic E-state index is 0. The first kappa shape index (κ1) is 20.0. The van der Waals surface area contributed by atoms with E-state index in [0.717, 1.165) is 0 Å². The monoisotopic (exact) mass is 401 g/mol. The second-order valence-electron chi connectivity index (χ2n) is 2.22. The van der Waals surface area contributed by atoms with Crippen LogP contribution in [0.1, 0.15) is 13.8 Å². The molecule has 0 aliphatic heterocycles. The van der Waals surface area contributed by atoms with Crippen LogP contribution in [-0.4, -0.2) is 17.7 Å². The molecule has 4 nitrogen and oxygen atoms in total. The summed E-state index contributed by atoms with van der Waals surface area (Å²) >= 11 is 0. The first-order valence-electron chi connectivity index (χ1n) is 4.05. The third-order valence-electron chi connectivity index (χ3n) is 1.00. The van der Waals surface area contributed by atoms with Crippen molar-refractivity contribution in [2.75, 3.05) is 6.61 Å². The zero-order chi connectivity index (χ0) is 10.1. The Morgan fingerprint density at radius 3 is 2.07 bits per heavy atom. The minimum atomic E-state index is -0.286. The molecule has 0 atom stereocenters.